The number of rotatable bonds is 7. The number of esters is 1. The van der Waals surface area contributed by atoms with Crippen LogP contribution in [0.1, 0.15) is 18.9 Å². The van der Waals surface area contributed by atoms with Gasteiger partial charge in [0, 0.05) is 6.61 Å². The number of hydrogen-bond donors (Lipinski definition) is 0. The Balaban J connectivity index is 2.32. The summed E-state index contributed by atoms with van der Waals surface area (Å²) in [5.41, 5.74) is 0.906. The van der Waals surface area contributed by atoms with Gasteiger partial charge < -0.3 is 9.47 Å². The molecule has 0 spiro atoms. The minimum absolute atomic E-state index is 0.0931. The molecular formula is C13H15O4. The second-order valence-corrected chi connectivity index (χ2v) is 3.41. The molecule has 91 valence electrons. The molecule has 4 heteroatoms. The zero-order valence-corrected chi connectivity index (χ0v) is 9.72. The molecule has 1 atom stereocenters. The molecule has 0 saturated carbocycles. The van der Waals surface area contributed by atoms with Crippen molar-refractivity contribution in [1.29, 1.82) is 0 Å². The van der Waals surface area contributed by atoms with Crippen molar-refractivity contribution in [3.8, 4) is 0 Å². The first-order valence-corrected chi connectivity index (χ1v) is 5.45. The standard InChI is InChI=1S/C13H15O4/c1-2-16-12(9-14)8-13(15)17-10-11-6-4-3-5-7-11/h3-7,12H,2,8,10H2,1H3. The van der Waals surface area contributed by atoms with Gasteiger partial charge in [0.25, 0.3) is 0 Å². The number of carbonyl (C=O) groups excluding carboxylic acids is 2. The summed E-state index contributed by atoms with van der Waals surface area (Å²) in [4.78, 5) is 21.8. The average molecular weight is 235 g/mol. The van der Waals surface area contributed by atoms with Crippen molar-refractivity contribution in [3.63, 3.8) is 0 Å². The summed E-state index contributed by atoms with van der Waals surface area (Å²) in [5.74, 6) is -0.462. The lowest BCUT2D eigenvalue weighted by molar-refractivity contribution is -0.147. The number of ether oxygens (including phenoxy) is 2. The van der Waals surface area contributed by atoms with Gasteiger partial charge in [-0.3, -0.25) is 9.59 Å². The van der Waals surface area contributed by atoms with Gasteiger partial charge in [-0.15, -0.1) is 0 Å². The Labute approximate surface area is 101 Å². The van der Waals surface area contributed by atoms with E-state index < -0.39 is 12.1 Å². The molecule has 0 aliphatic rings. The van der Waals surface area contributed by atoms with E-state index >= 15 is 0 Å². The third kappa shape index (κ3) is 5.26. The van der Waals surface area contributed by atoms with Crippen LogP contribution in [0.3, 0.4) is 0 Å². The van der Waals surface area contributed by atoms with Crippen LogP contribution in [0.15, 0.2) is 30.3 Å². The van der Waals surface area contributed by atoms with Crippen molar-refractivity contribution in [2.45, 2.75) is 26.1 Å². The van der Waals surface area contributed by atoms with Crippen LogP contribution in [-0.4, -0.2) is 25.0 Å². The normalized spacial score (nSPS) is 11.8. The average Bonchev–Trinajstić information content (AvgIpc) is 2.37. The molecule has 0 bridgehead atoms. The zero-order valence-electron chi connectivity index (χ0n) is 9.72. The van der Waals surface area contributed by atoms with Gasteiger partial charge in [-0.05, 0) is 12.5 Å². The van der Waals surface area contributed by atoms with Gasteiger partial charge in [0.15, 0.2) is 0 Å². The molecule has 0 aliphatic carbocycles. The third-order valence-electron chi connectivity index (χ3n) is 2.09. The molecule has 4 nitrogen and oxygen atoms in total. The first-order chi connectivity index (χ1) is 8.26. The van der Waals surface area contributed by atoms with Crippen molar-refractivity contribution in [3.05, 3.63) is 35.9 Å². The Hall–Kier alpha value is -1.68. The summed E-state index contributed by atoms with van der Waals surface area (Å²) in [6.07, 6.45) is 0.736. The number of benzene rings is 1. The van der Waals surface area contributed by atoms with E-state index in [4.69, 9.17) is 9.47 Å². The number of carbonyl (C=O) groups is 1. The van der Waals surface area contributed by atoms with Gasteiger partial charge in [0.1, 0.15) is 12.7 Å². The Morgan fingerprint density at radius 1 is 1.35 bits per heavy atom. The van der Waals surface area contributed by atoms with E-state index in [0.29, 0.717) is 6.61 Å². The molecule has 0 saturated heterocycles. The molecule has 0 heterocycles. The highest BCUT2D eigenvalue weighted by Crippen LogP contribution is 2.03. The second kappa shape index (κ2) is 7.57. The lowest BCUT2D eigenvalue weighted by Gasteiger charge is -2.09. The molecule has 1 unspecified atom stereocenters. The highest BCUT2D eigenvalue weighted by Gasteiger charge is 2.14. The van der Waals surface area contributed by atoms with Crippen molar-refractivity contribution in [1.82, 2.24) is 0 Å². The number of hydrogen-bond acceptors (Lipinski definition) is 4. The Morgan fingerprint density at radius 3 is 2.65 bits per heavy atom. The van der Waals surface area contributed by atoms with Gasteiger partial charge in [-0.25, -0.2) is 0 Å². The van der Waals surface area contributed by atoms with Crippen molar-refractivity contribution < 1.29 is 19.1 Å². The minimum atomic E-state index is -0.830. The summed E-state index contributed by atoms with van der Waals surface area (Å²) < 4.78 is 10.00. The monoisotopic (exact) mass is 235 g/mol. The Morgan fingerprint density at radius 2 is 2.06 bits per heavy atom. The van der Waals surface area contributed by atoms with E-state index in [2.05, 4.69) is 0 Å². The Kier molecular flexibility index (Phi) is 5.96. The molecular weight excluding hydrogens is 220 g/mol. The van der Waals surface area contributed by atoms with Crippen LogP contribution in [-0.2, 0) is 25.7 Å². The highest BCUT2D eigenvalue weighted by molar-refractivity contribution is 5.75. The maximum absolute atomic E-state index is 11.4. The lowest BCUT2D eigenvalue weighted by atomic mass is 10.2. The largest absolute Gasteiger partial charge is 0.461 e. The van der Waals surface area contributed by atoms with Crippen molar-refractivity contribution in [2.24, 2.45) is 0 Å². The van der Waals surface area contributed by atoms with Crippen LogP contribution in [0.4, 0.5) is 0 Å². The molecule has 0 aliphatic heterocycles. The maximum atomic E-state index is 11.4. The summed E-state index contributed by atoms with van der Waals surface area (Å²) in [5, 5.41) is 0. The van der Waals surface area contributed by atoms with E-state index in [-0.39, 0.29) is 13.0 Å². The summed E-state index contributed by atoms with van der Waals surface area (Å²) in [7, 11) is 0. The third-order valence-corrected chi connectivity index (χ3v) is 2.09. The SMILES string of the molecule is CCOC([C]=O)CC(=O)OCc1ccccc1. The minimum Gasteiger partial charge on any atom is -0.461 e. The Bertz CT molecular complexity index is 348. The van der Waals surface area contributed by atoms with E-state index in [9.17, 15) is 9.59 Å². The van der Waals surface area contributed by atoms with Gasteiger partial charge >= 0.3 is 5.97 Å². The van der Waals surface area contributed by atoms with Crippen molar-refractivity contribution >= 4 is 12.3 Å². The predicted molar refractivity (Wildman–Crippen MR) is 62.0 cm³/mol. The van der Waals surface area contributed by atoms with Crippen LogP contribution in [0.5, 0.6) is 0 Å². The molecule has 0 fully saturated rings. The molecule has 0 aromatic heterocycles. The molecule has 1 radical (unpaired) electrons. The van der Waals surface area contributed by atoms with Gasteiger partial charge in [0.2, 0.25) is 6.29 Å². The van der Waals surface area contributed by atoms with Gasteiger partial charge in [-0.1, -0.05) is 30.3 Å². The smallest absolute Gasteiger partial charge is 0.309 e. The fourth-order valence-electron chi connectivity index (χ4n) is 1.28. The van der Waals surface area contributed by atoms with Gasteiger partial charge in [-0.2, -0.15) is 0 Å². The van der Waals surface area contributed by atoms with Crippen molar-refractivity contribution in [2.75, 3.05) is 6.61 Å². The zero-order chi connectivity index (χ0) is 12.5. The summed E-state index contributed by atoms with van der Waals surface area (Å²) >= 11 is 0. The fourth-order valence-corrected chi connectivity index (χ4v) is 1.28. The topological polar surface area (TPSA) is 52.6 Å². The van der Waals surface area contributed by atoms with Crippen LogP contribution in [0.25, 0.3) is 0 Å². The van der Waals surface area contributed by atoms with E-state index in [0.717, 1.165) is 5.56 Å². The van der Waals surface area contributed by atoms with Gasteiger partial charge in [0.05, 0.1) is 6.42 Å². The molecule has 1 aromatic rings. The van der Waals surface area contributed by atoms with Crippen LogP contribution < -0.4 is 0 Å². The van der Waals surface area contributed by atoms with E-state index in [1.54, 1.807) is 13.2 Å². The fraction of sp³-hybridized carbons (Fsp3) is 0.385. The van der Waals surface area contributed by atoms with Crippen LogP contribution in [0, 0.1) is 0 Å². The molecule has 1 aromatic carbocycles. The molecule has 0 amide bonds. The lowest BCUT2D eigenvalue weighted by Crippen LogP contribution is -2.20. The summed E-state index contributed by atoms with van der Waals surface area (Å²) in [6, 6.07) is 9.34. The molecule has 17 heavy (non-hydrogen) atoms. The maximum Gasteiger partial charge on any atom is 0.309 e. The molecule has 1 rings (SSSR count). The van der Waals surface area contributed by atoms with Crippen LogP contribution in [0.2, 0.25) is 0 Å². The van der Waals surface area contributed by atoms with E-state index in [1.807, 2.05) is 30.3 Å². The quantitative estimate of drug-likeness (QED) is 0.674. The highest BCUT2D eigenvalue weighted by atomic mass is 16.5. The second-order valence-electron chi connectivity index (χ2n) is 3.41. The van der Waals surface area contributed by atoms with E-state index in [1.165, 1.54) is 0 Å². The predicted octanol–water partition coefficient (Wildman–Crippen LogP) is 1.63. The first-order valence-electron chi connectivity index (χ1n) is 5.45. The van der Waals surface area contributed by atoms with Crippen LogP contribution >= 0.6 is 0 Å². The molecule has 0 N–H and O–H groups in total. The first kappa shape index (κ1) is 13.4. The summed E-state index contributed by atoms with van der Waals surface area (Å²) in [6.45, 7) is 2.32.